The van der Waals surface area contributed by atoms with E-state index in [4.69, 9.17) is 23.7 Å². The van der Waals surface area contributed by atoms with Gasteiger partial charge in [0, 0.05) is 19.3 Å². The number of hydrogen-bond donors (Lipinski definition) is 7. The minimum absolute atomic E-state index is 0.169. The van der Waals surface area contributed by atoms with Gasteiger partial charge >= 0.3 is 5.97 Å². The minimum atomic E-state index is -2.82. The summed E-state index contributed by atoms with van der Waals surface area (Å²) in [4.78, 5) is 0. The summed E-state index contributed by atoms with van der Waals surface area (Å²) in [6.07, 6.45) is 1.93. The third kappa shape index (κ3) is 4.45. The average molecular weight is 597 g/mol. The Balaban J connectivity index is 2.43. The summed E-state index contributed by atoms with van der Waals surface area (Å²) in [7, 11) is 0. The van der Waals surface area contributed by atoms with Crippen molar-refractivity contribution in [3.8, 4) is 0 Å². The molecular formula is C30H44O12. The van der Waals surface area contributed by atoms with Crippen LogP contribution in [0, 0.1) is 0 Å². The van der Waals surface area contributed by atoms with Crippen LogP contribution in [0.4, 0.5) is 0 Å². The molecular weight excluding hydrogens is 552 g/mol. The minimum Gasteiger partial charge on any atom is -0.394 e. The molecule has 12 nitrogen and oxygen atoms in total. The summed E-state index contributed by atoms with van der Waals surface area (Å²) in [6.45, 7) is 20.5. The lowest BCUT2D eigenvalue weighted by molar-refractivity contribution is -0.463. The number of rotatable bonds is 18. The van der Waals surface area contributed by atoms with Crippen molar-refractivity contribution in [2.75, 3.05) is 19.8 Å². The van der Waals surface area contributed by atoms with Gasteiger partial charge in [-0.3, -0.25) is 9.47 Å². The predicted molar refractivity (Wildman–Crippen MR) is 150 cm³/mol. The molecule has 3 rings (SSSR count). The van der Waals surface area contributed by atoms with Crippen molar-refractivity contribution in [1.82, 2.24) is 0 Å². The summed E-state index contributed by atoms with van der Waals surface area (Å²) in [5.41, 5.74) is -8.84. The van der Waals surface area contributed by atoms with Gasteiger partial charge in [0.15, 0.2) is 5.60 Å². The lowest BCUT2D eigenvalue weighted by Crippen LogP contribution is -2.85. The fraction of sp³-hybridized carbons (Fsp3) is 0.600. The summed E-state index contributed by atoms with van der Waals surface area (Å²) >= 11 is 0. The third-order valence-electron chi connectivity index (χ3n) is 8.53. The number of hydrogen-bond acceptors (Lipinski definition) is 12. The fourth-order valence-corrected chi connectivity index (χ4v) is 6.61. The predicted octanol–water partition coefficient (Wildman–Crippen LogP) is 0.230. The quantitative estimate of drug-likeness (QED) is 0.0843. The van der Waals surface area contributed by atoms with Gasteiger partial charge in [-0.25, -0.2) is 0 Å². The molecule has 12 heteroatoms. The van der Waals surface area contributed by atoms with E-state index >= 15 is 0 Å². The van der Waals surface area contributed by atoms with Crippen LogP contribution in [0.15, 0.2) is 75.9 Å². The molecule has 0 amide bonds. The van der Waals surface area contributed by atoms with Gasteiger partial charge in [0.2, 0.25) is 5.79 Å². The highest BCUT2D eigenvalue weighted by molar-refractivity contribution is 5.36. The van der Waals surface area contributed by atoms with Crippen molar-refractivity contribution in [3.05, 3.63) is 75.9 Å². The molecule has 0 bridgehead atoms. The monoisotopic (exact) mass is 596 g/mol. The lowest BCUT2D eigenvalue weighted by atomic mass is 9.55. The van der Waals surface area contributed by atoms with Crippen LogP contribution in [0.25, 0.3) is 0 Å². The summed E-state index contributed by atoms with van der Waals surface area (Å²) in [5, 5.41) is 78.6. The zero-order valence-corrected chi connectivity index (χ0v) is 23.8. The number of ether oxygens (including phenoxy) is 5. The van der Waals surface area contributed by atoms with Crippen molar-refractivity contribution >= 4 is 0 Å². The smallest absolute Gasteiger partial charge is 0.350 e. The second kappa shape index (κ2) is 12.2. The summed E-state index contributed by atoms with van der Waals surface area (Å²) < 4.78 is 30.1. The molecule has 42 heavy (non-hydrogen) atoms. The Morgan fingerprint density at radius 1 is 0.810 bits per heavy atom. The maximum atomic E-state index is 12.7. The number of epoxide rings is 1. The molecule has 9 atom stereocenters. The van der Waals surface area contributed by atoms with E-state index in [0.29, 0.717) is 0 Å². The maximum absolute atomic E-state index is 12.7. The molecule has 0 aliphatic carbocycles. The average Bonchev–Trinajstić information content (AvgIpc) is 3.47. The van der Waals surface area contributed by atoms with Crippen molar-refractivity contribution in [1.29, 1.82) is 0 Å². The van der Waals surface area contributed by atoms with E-state index in [9.17, 15) is 35.7 Å². The van der Waals surface area contributed by atoms with E-state index in [1.165, 1.54) is 36.5 Å². The second-order valence-electron chi connectivity index (χ2n) is 10.9. The van der Waals surface area contributed by atoms with Crippen LogP contribution < -0.4 is 0 Å². The first-order chi connectivity index (χ1) is 19.8. The van der Waals surface area contributed by atoms with Gasteiger partial charge < -0.3 is 50.0 Å². The van der Waals surface area contributed by atoms with Crippen molar-refractivity contribution in [2.45, 2.75) is 90.4 Å². The Labute approximate surface area is 245 Å². The fourth-order valence-electron chi connectivity index (χ4n) is 6.61. The molecule has 236 valence electrons. The Kier molecular flexibility index (Phi) is 9.97. The Morgan fingerprint density at radius 2 is 1.40 bits per heavy atom. The Hall–Kier alpha value is -2.04. The number of aliphatic hydroxyl groups is 7. The molecule has 0 spiro atoms. The molecule has 3 aliphatic heterocycles. The number of fused-ring (bicyclic) bond motifs is 1. The third-order valence-corrected chi connectivity index (χ3v) is 8.53. The van der Waals surface area contributed by atoms with Crippen LogP contribution in [0.5, 0.6) is 0 Å². The highest BCUT2D eigenvalue weighted by Crippen LogP contribution is 2.72. The van der Waals surface area contributed by atoms with Crippen molar-refractivity contribution in [3.63, 3.8) is 0 Å². The normalized spacial score (nSPS) is 42.8. The molecule has 0 aromatic carbocycles. The molecule has 0 saturated carbocycles. The molecule has 0 aromatic heterocycles. The highest BCUT2D eigenvalue weighted by atomic mass is 17.0. The van der Waals surface area contributed by atoms with E-state index in [2.05, 4.69) is 39.5 Å². The van der Waals surface area contributed by atoms with E-state index in [1.54, 1.807) is 0 Å². The van der Waals surface area contributed by atoms with Crippen LogP contribution in [-0.2, 0) is 23.7 Å². The van der Waals surface area contributed by atoms with Gasteiger partial charge in [0.25, 0.3) is 5.79 Å². The maximum Gasteiger partial charge on any atom is 0.350 e. The van der Waals surface area contributed by atoms with Crippen LogP contribution in [0.3, 0.4) is 0 Å². The standard InChI is InChI=1S/C30H44O12/c1-7-13-24(35,14-8-2)27(16-10-4)28(17-11-5,38-18-12-6)26(36,15-9-3)29(37)30(41-27,42-29)40-25(20-32)23(34)22(33)21(19-31)39-25/h7-12,21-23,31-37H,1-6,13-20H2/t21-,22-,23+,25?,26+,27-,28+,29+,30+/m1/s1. The zero-order valence-electron chi connectivity index (χ0n) is 23.8. The summed E-state index contributed by atoms with van der Waals surface area (Å²) in [6, 6.07) is 0. The van der Waals surface area contributed by atoms with E-state index in [1.807, 2.05) is 0 Å². The first-order valence-electron chi connectivity index (χ1n) is 13.6. The van der Waals surface area contributed by atoms with E-state index in [-0.39, 0.29) is 32.3 Å². The van der Waals surface area contributed by atoms with Gasteiger partial charge in [-0.1, -0.05) is 36.5 Å². The molecule has 3 saturated heterocycles. The molecule has 3 heterocycles. The van der Waals surface area contributed by atoms with Crippen molar-refractivity contribution < 1.29 is 59.4 Å². The Bertz CT molecular complexity index is 1050. The second-order valence-corrected chi connectivity index (χ2v) is 10.9. The van der Waals surface area contributed by atoms with Gasteiger partial charge in [-0.2, -0.15) is 0 Å². The Morgan fingerprint density at radius 3 is 1.86 bits per heavy atom. The molecule has 1 unspecified atom stereocenters. The van der Waals surface area contributed by atoms with Crippen LogP contribution in [0.1, 0.15) is 32.1 Å². The zero-order chi connectivity index (χ0) is 31.7. The topological polar surface area (TPSA) is 191 Å². The molecule has 7 N–H and O–H groups in total. The lowest BCUT2D eigenvalue weighted by Gasteiger charge is -2.64. The first kappa shape index (κ1) is 34.5. The first-order valence-corrected chi connectivity index (χ1v) is 13.6. The van der Waals surface area contributed by atoms with Crippen LogP contribution in [0.2, 0.25) is 0 Å². The van der Waals surface area contributed by atoms with Crippen LogP contribution >= 0.6 is 0 Å². The van der Waals surface area contributed by atoms with Gasteiger partial charge in [-0.05, 0) is 12.8 Å². The van der Waals surface area contributed by atoms with Crippen LogP contribution in [-0.4, -0.2) is 114 Å². The summed E-state index contributed by atoms with van der Waals surface area (Å²) in [5.74, 6) is -8.11. The number of aliphatic hydroxyl groups excluding tert-OH is 4. The largest absolute Gasteiger partial charge is 0.394 e. The SMILES string of the molecule is C=CCO[C@@]1(CC=C)[C@@](O)(CC=C)[C@]2(O)O[C@@]2(OC2(CO)O[C@H](CO)[C@@H](O)[C@@H]2O)O[C@]1(CC=C)C(O)(CC=C)CC=C. The highest BCUT2D eigenvalue weighted by Gasteiger charge is 2.96. The molecule has 0 radical (unpaired) electrons. The van der Waals surface area contributed by atoms with Gasteiger partial charge in [-0.15, -0.1) is 39.5 Å². The molecule has 3 aliphatic rings. The van der Waals surface area contributed by atoms with Gasteiger partial charge in [0.1, 0.15) is 41.7 Å². The molecule has 3 fully saturated rings. The van der Waals surface area contributed by atoms with Crippen molar-refractivity contribution in [2.24, 2.45) is 0 Å². The molecule has 0 aromatic rings. The van der Waals surface area contributed by atoms with Gasteiger partial charge in [0.05, 0.1) is 13.2 Å². The van der Waals surface area contributed by atoms with E-state index in [0.717, 1.165) is 0 Å². The van der Waals surface area contributed by atoms with E-state index < -0.39 is 77.9 Å².